The first-order valence-electron chi connectivity index (χ1n) is 21.6. The van der Waals surface area contributed by atoms with Crippen molar-refractivity contribution in [2.45, 2.75) is 32.5 Å². The number of aromatic nitrogens is 4. The number of pyridine rings is 4. The Balaban J connectivity index is 0.00000518. The number of aryl methyl sites for hydroxylation is 5. The Hall–Kier alpha value is -6.85. The van der Waals surface area contributed by atoms with Gasteiger partial charge in [-0.2, -0.15) is 0 Å². The van der Waals surface area contributed by atoms with Crippen LogP contribution in [0, 0.1) is 25.1 Å². The van der Waals surface area contributed by atoms with Gasteiger partial charge in [-0.3, -0.25) is 0 Å². The van der Waals surface area contributed by atoms with Gasteiger partial charge < -0.3 is 19.4 Å². The molecule has 61 heavy (non-hydrogen) atoms. The predicted octanol–water partition coefficient (Wildman–Crippen LogP) is 12.8. The normalized spacial score (nSPS) is 12.1. The monoisotopic (exact) mass is 967 g/mol. The molecule has 0 atom stereocenters. The maximum atomic E-state index is 7.81. The van der Waals surface area contributed by atoms with Gasteiger partial charge in [0, 0.05) is 33.8 Å². The molecule has 5 aromatic carbocycles. The summed E-state index contributed by atoms with van der Waals surface area (Å²) in [5.41, 5.74) is 15.2. The van der Waals surface area contributed by atoms with E-state index >= 15 is 0 Å². The first-order chi connectivity index (χ1) is 30.8. The maximum absolute atomic E-state index is 7.81. The molecule has 0 amide bonds. The molecule has 0 radical (unpaired) electrons. The van der Waals surface area contributed by atoms with Crippen molar-refractivity contribution in [1.29, 1.82) is 0 Å². The van der Waals surface area contributed by atoms with Crippen LogP contribution in [-0.4, -0.2) is 19.9 Å². The van der Waals surface area contributed by atoms with E-state index in [9.17, 15) is 0 Å². The first kappa shape index (κ1) is 36.0. The Morgan fingerprint density at radius 3 is 1.69 bits per heavy atom. The molecule has 10 rings (SSSR count). The van der Waals surface area contributed by atoms with Gasteiger partial charge in [0.1, 0.15) is 0 Å². The summed E-state index contributed by atoms with van der Waals surface area (Å²) in [5, 5.41) is 1.57. The van der Waals surface area contributed by atoms with Gasteiger partial charge in [-0.1, -0.05) is 89.8 Å². The number of fused-ring (bicyclic) bond motifs is 3. The minimum Gasteiger partial charge on any atom is -0.486 e. The number of benzene rings is 5. The van der Waals surface area contributed by atoms with E-state index in [-0.39, 0.29) is 31.5 Å². The molecule has 10 aromatic rings. The van der Waals surface area contributed by atoms with Crippen LogP contribution in [-0.2, 0) is 45.8 Å². The Bertz CT molecular complexity index is 3090. The SMILES string of the molecule is [2H]C([2H])([2H])c1ccc2c(n1)oc1c(-c3ccc(-c4ccccc4-c4cc(CCc5ccc(-c6[c-]cccc6)nc5)cc(CCc5ccc(-c6[c-]cccc6)nc5)c4)cn3)[c-]ccc12.[Ir+3]. The third-order valence-electron chi connectivity index (χ3n) is 10.9. The van der Waals surface area contributed by atoms with E-state index in [0.717, 1.165) is 81.2 Å². The maximum Gasteiger partial charge on any atom is 3.00 e. The molecule has 0 aliphatic heterocycles. The summed E-state index contributed by atoms with van der Waals surface area (Å²) in [5.74, 6) is 0. The fraction of sp³-hybridized carbons (Fsp3) is 0.0909. The van der Waals surface area contributed by atoms with Crippen LogP contribution < -0.4 is 0 Å². The van der Waals surface area contributed by atoms with Crippen LogP contribution in [0.5, 0.6) is 0 Å². The second kappa shape index (κ2) is 17.8. The Kier molecular flexibility index (Phi) is 10.5. The summed E-state index contributed by atoms with van der Waals surface area (Å²) < 4.78 is 29.6. The van der Waals surface area contributed by atoms with Crippen LogP contribution in [0.1, 0.15) is 32.1 Å². The van der Waals surface area contributed by atoms with Gasteiger partial charge in [0.25, 0.3) is 0 Å². The van der Waals surface area contributed by atoms with Gasteiger partial charge in [0.15, 0.2) is 0 Å². The smallest absolute Gasteiger partial charge is 0.486 e. The van der Waals surface area contributed by atoms with Gasteiger partial charge in [0.05, 0.1) is 5.58 Å². The molecule has 294 valence electrons. The molecule has 5 aromatic heterocycles. The summed E-state index contributed by atoms with van der Waals surface area (Å²) in [6, 6.07) is 60.8. The van der Waals surface area contributed by atoms with E-state index in [4.69, 9.17) is 23.5 Å². The number of furan rings is 1. The van der Waals surface area contributed by atoms with Crippen molar-refractivity contribution in [2.24, 2.45) is 0 Å². The fourth-order valence-corrected chi connectivity index (χ4v) is 7.85. The van der Waals surface area contributed by atoms with Crippen molar-refractivity contribution >= 4 is 22.1 Å². The van der Waals surface area contributed by atoms with Gasteiger partial charge in [-0.25, -0.2) is 4.98 Å². The predicted molar refractivity (Wildman–Crippen MR) is 241 cm³/mol. The molecule has 0 bridgehead atoms. The van der Waals surface area contributed by atoms with Gasteiger partial charge in [-0.05, 0) is 106 Å². The average Bonchev–Trinajstić information content (AvgIpc) is 3.72. The van der Waals surface area contributed by atoms with Crippen LogP contribution in [0.25, 0.3) is 78.1 Å². The molecule has 6 heteroatoms. The molecule has 0 unspecified atom stereocenters. The van der Waals surface area contributed by atoms with E-state index in [0.29, 0.717) is 16.8 Å². The van der Waals surface area contributed by atoms with Gasteiger partial charge >= 0.3 is 20.1 Å². The third-order valence-corrected chi connectivity index (χ3v) is 10.9. The van der Waals surface area contributed by atoms with Gasteiger partial charge in [-0.15, -0.1) is 90.0 Å². The summed E-state index contributed by atoms with van der Waals surface area (Å²) in [4.78, 5) is 18.8. The van der Waals surface area contributed by atoms with Crippen LogP contribution in [0.15, 0.2) is 175 Å². The summed E-state index contributed by atoms with van der Waals surface area (Å²) in [6.07, 6.45) is 9.29. The third kappa shape index (κ3) is 8.60. The van der Waals surface area contributed by atoms with Crippen molar-refractivity contribution in [3.05, 3.63) is 216 Å². The quantitative estimate of drug-likeness (QED) is 0.121. The topological polar surface area (TPSA) is 64.7 Å². The molecule has 0 N–H and O–H groups in total. The molecule has 0 aliphatic rings. The summed E-state index contributed by atoms with van der Waals surface area (Å²) in [7, 11) is 0. The molecule has 5 heterocycles. The Morgan fingerprint density at radius 2 is 1.11 bits per heavy atom. The Labute approximate surface area is 373 Å². The Morgan fingerprint density at radius 1 is 0.508 bits per heavy atom. The van der Waals surface area contributed by atoms with E-state index in [1.54, 1.807) is 6.07 Å². The number of hydrogen-bond acceptors (Lipinski definition) is 5. The fourth-order valence-electron chi connectivity index (χ4n) is 7.85. The van der Waals surface area contributed by atoms with Crippen molar-refractivity contribution in [1.82, 2.24) is 19.9 Å². The second-order valence-corrected chi connectivity index (χ2v) is 14.9. The first-order valence-corrected chi connectivity index (χ1v) is 20.1. The zero-order valence-electron chi connectivity index (χ0n) is 36.0. The van der Waals surface area contributed by atoms with Crippen LogP contribution in [0.3, 0.4) is 0 Å². The molecule has 0 aliphatic carbocycles. The molecule has 5 nitrogen and oxygen atoms in total. The number of rotatable bonds is 11. The molecular weight excluding hydrogens is 925 g/mol. The van der Waals surface area contributed by atoms with Crippen LogP contribution in [0.4, 0.5) is 0 Å². The zero-order valence-corrected chi connectivity index (χ0v) is 35.4. The number of nitrogens with zero attached hydrogens (tertiary/aromatic N) is 4. The standard InChI is InChI=1S/C55H39N4O.Ir/c1-37-19-27-49-48-17-10-18-50(54(48)60-55(49)59-37)53-30-26-44(36-58-53)46-15-8-9-16-47(46)45-32-40(22-20-38-24-28-51(56-34-38)42-11-4-2-5-12-42)31-41(33-45)23-21-39-25-29-52(57-35-39)43-13-6-3-7-14-43;/h2-11,13,15-17,19,24-36H,20-23H2,1H3;/q-3;+3/i1D3;. The second-order valence-electron chi connectivity index (χ2n) is 14.9. The van der Waals surface area contributed by atoms with Crippen LogP contribution >= 0.6 is 0 Å². The minimum absolute atomic E-state index is 0. The minimum atomic E-state index is -2.34. The van der Waals surface area contributed by atoms with Crippen molar-refractivity contribution < 1.29 is 28.6 Å². The van der Waals surface area contributed by atoms with E-state index in [1.165, 1.54) is 28.3 Å². The molecule has 0 spiro atoms. The van der Waals surface area contributed by atoms with Gasteiger partial charge in [0.2, 0.25) is 5.71 Å². The van der Waals surface area contributed by atoms with Crippen molar-refractivity contribution in [3.63, 3.8) is 0 Å². The van der Waals surface area contributed by atoms with Crippen molar-refractivity contribution in [3.8, 4) is 56.0 Å². The van der Waals surface area contributed by atoms with E-state index in [1.807, 2.05) is 85.3 Å². The van der Waals surface area contributed by atoms with Crippen LogP contribution in [0.2, 0.25) is 0 Å². The molecule has 0 saturated heterocycles. The van der Waals surface area contributed by atoms with E-state index < -0.39 is 6.85 Å². The largest absolute Gasteiger partial charge is 3.00 e. The average molecular weight is 967 g/mol. The number of hydrogen-bond donors (Lipinski definition) is 0. The molecule has 0 fully saturated rings. The summed E-state index contributed by atoms with van der Waals surface area (Å²) >= 11 is 0. The van der Waals surface area contributed by atoms with Crippen molar-refractivity contribution in [2.75, 3.05) is 0 Å². The summed E-state index contributed by atoms with van der Waals surface area (Å²) in [6.45, 7) is -2.34. The van der Waals surface area contributed by atoms with E-state index in [2.05, 4.69) is 96.0 Å². The molecule has 0 saturated carbocycles. The molecular formula is C55H39IrN4O. The zero-order chi connectivity index (χ0) is 42.8.